The minimum Gasteiger partial charge on any atom is -0.381 e. The van der Waals surface area contributed by atoms with Crippen LogP contribution < -0.4 is 0 Å². The molecule has 0 spiro atoms. The van der Waals surface area contributed by atoms with Crippen molar-refractivity contribution in [3.63, 3.8) is 0 Å². The largest absolute Gasteiger partial charge is 0.416 e. The number of benzene rings is 1. The van der Waals surface area contributed by atoms with Gasteiger partial charge in [-0.3, -0.25) is 0 Å². The first kappa shape index (κ1) is 14.7. The summed E-state index contributed by atoms with van der Waals surface area (Å²) < 4.78 is 43.5. The molecule has 1 aliphatic rings. The topological polar surface area (TPSA) is 9.23 Å². The van der Waals surface area contributed by atoms with E-state index >= 15 is 0 Å². The number of ether oxygens (including phenoxy) is 1. The van der Waals surface area contributed by atoms with Gasteiger partial charge >= 0.3 is 6.18 Å². The van der Waals surface area contributed by atoms with Gasteiger partial charge in [-0.2, -0.15) is 13.2 Å². The van der Waals surface area contributed by atoms with Crippen molar-refractivity contribution in [3.05, 3.63) is 35.4 Å². The van der Waals surface area contributed by atoms with Crippen molar-refractivity contribution < 1.29 is 17.9 Å². The summed E-state index contributed by atoms with van der Waals surface area (Å²) in [5.74, 6) is 0.406. The van der Waals surface area contributed by atoms with Crippen molar-refractivity contribution in [2.45, 2.75) is 25.4 Å². The predicted molar refractivity (Wildman–Crippen MR) is 68.4 cm³/mol. The summed E-state index contributed by atoms with van der Waals surface area (Å²) >= 11 is 6.01. The van der Waals surface area contributed by atoms with E-state index in [-0.39, 0.29) is 5.41 Å². The molecule has 0 aromatic heterocycles. The van der Waals surface area contributed by atoms with Crippen LogP contribution in [0.2, 0.25) is 0 Å². The molecule has 0 radical (unpaired) electrons. The molecule has 0 bridgehead atoms. The first-order chi connectivity index (χ1) is 8.95. The molecule has 1 heterocycles. The van der Waals surface area contributed by atoms with E-state index in [0.717, 1.165) is 18.9 Å². The molecule has 1 unspecified atom stereocenters. The maximum atomic E-state index is 12.7. The Hall–Kier alpha value is -0.740. The van der Waals surface area contributed by atoms with Crippen molar-refractivity contribution in [1.82, 2.24) is 0 Å². The number of hydrogen-bond donors (Lipinski definition) is 0. The zero-order valence-electron chi connectivity index (χ0n) is 10.5. The Labute approximate surface area is 115 Å². The van der Waals surface area contributed by atoms with Crippen molar-refractivity contribution in [1.29, 1.82) is 0 Å². The van der Waals surface area contributed by atoms with Crippen LogP contribution >= 0.6 is 11.6 Å². The zero-order valence-corrected chi connectivity index (χ0v) is 11.2. The predicted octanol–water partition coefficient (Wildman–Crippen LogP) is 4.28. The molecule has 0 saturated carbocycles. The van der Waals surface area contributed by atoms with E-state index in [0.29, 0.717) is 31.1 Å². The highest BCUT2D eigenvalue weighted by molar-refractivity contribution is 6.18. The smallest absolute Gasteiger partial charge is 0.381 e. The minimum atomic E-state index is -4.30. The molecular formula is C14H16ClF3O. The minimum absolute atomic E-state index is 0.232. The number of hydrogen-bond acceptors (Lipinski definition) is 1. The van der Waals surface area contributed by atoms with Gasteiger partial charge < -0.3 is 4.74 Å². The molecule has 1 aliphatic heterocycles. The third-order valence-electron chi connectivity index (χ3n) is 3.52. The fraction of sp³-hybridized carbons (Fsp3) is 0.571. The Kier molecular flexibility index (Phi) is 4.41. The van der Waals surface area contributed by atoms with Crippen LogP contribution in [0.1, 0.15) is 24.0 Å². The van der Waals surface area contributed by atoms with E-state index < -0.39 is 11.7 Å². The average molecular weight is 293 g/mol. The Morgan fingerprint density at radius 2 is 2.11 bits per heavy atom. The molecular weight excluding hydrogens is 277 g/mol. The second-order valence-electron chi connectivity index (χ2n) is 5.16. The molecule has 106 valence electrons. The normalized spacial score (nSPS) is 24.4. The second kappa shape index (κ2) is 5.71. The van der Waals surface area contributed by atoms with Crippen molar-refractivity contribution in [2.75, 3.05) is 19.1 Å². The van der Waals surface area contributed by atoms with E-state index in [1.54, 1.807) is 6.07 Å². The van der Waals surface area contributed by atoms with Crippen LogP contribution in [-0.4, -0.2) is 19.1 Å². The third-order valence-corrected chi connectivity index (χ3v) is 4.09. The van der Waals surface area contributed by atoms with Gasteiger partial charge in [0.05, 0.1) is 12.2 Å². The monoisotopic (exact) mass is 292 g/mol. The standard InChI is InChI=1S/C14H16ClF3O/c15-9-13(5-2-6-19-10-13)8-11-3-1-4-12(7-11)14(16,17)18/h1,3-4,7H,2,5-6,8-10H2. The highest BCUT2D eigenvalue weighted by Gasteiger charge is 2.34. The van der Waals surface area contributed by atoms with E-state index in [1.165, 1.54) is 12.1 Å². The van der Waals surface area contributed by atoms with Crippen LogP contribution in [0.3, 0.4) is 0 Å². The average Bonchev–Trinajstić information content (AvgIpc) is 2.39. The highest BCUT2D eigenvalue weighted by Crippen LogP contribution is 2.35. The number of alkyl halides is 4. The van der Waals surface area contributed by atoms with Gasteiger partial charge in [0.1, 0.15) is 0 Å². The first-order valence-corrected chi connectivity index (χ1v) is 6.79. The van der Waals surface area contributed by atoms with Gasteiger partial charge in [0.15, 0.2) is 0 Å². The van der Waals surface area contributed by atoms with E-state index in [9.17, 15) is 13.2 Å². The fourth-order valence-electron chi connectivity index (χ4n) is 2.49. The molecule has 0 N–H and O–H groups in total. The molecule has 1 aromatic carbocycles. The zero-order chi connectivity index (χ0) is 13.9. The lowest BCUT2D eigenvalue weighted by atomic mass is 9.79. The van der Waals surface area contributed by atoms with E-state index in [2.05, 4.69) is 0 Å². The molecule has 1 fully saturated rings. The summed E-state index contributed by atoms with van der Waals surface area (Å²) in [5.41, 5.74) is -0.170. The summed E-state index contributed by atoms with van der Waals surface area (Å²) in [6.45, 7) is 1.23. The van der Waals surface area contributed by atoms with Crippen molar-refractivity contribution in [2.24, 2.45) is 5.41 Å². The molecule has 1 atom stereocenters. The highest BCUT2D eigenvalue weighted by atomic mass is 35.5. The number of rotatable bonds is 3. The molecule has 1 nitrogen and oxygen atoms in total. The van der Waals surface area contributed by atoms with Gasteiger partial charge in [0.25, 0.3) is 0 Å². The second-order valence-corrected chi connectivity index (χ2v) is 5.43. The van der Waals surface area contributed by atoms with Crippen LogP contribution in [0, 0.1) is 5.41 Å². The third kappa shape index (κ3) is 3.63. The van der Waals surface area contributed by atoms with Gasteiger partial charge in [-0.15, -0.1) is 11.6 Å². The molecule has 5 heteroatoms. The Balaban J connectivity index is 2.18. The molecule has 0 amide bonds. The molecule has 0 aliphatic carbocycles. The number of halogens is 4. The summed E-state index contributed by atoms with van der Waals surface area (Å²) in [6, 6.07) is 5.47. The van der Waals surface area contributed by atoms with Gasteiger partial charge in [0, 0.05) is 17.9 Å². The van der Waals surface area contributed by atoms with Crippen LogP contribution in [-0.2, 0) is 17.3 Å². The Morgan fingerprint density at radius 1 is 1.32 bits per heavy atom. The van der Waals surface area contributed by atoms with Gasteiger partial charge in [0.2, 0.25) is 0 Å². The molecule has 1 aromatic rings. The molecule has 1 saturated heterocycles. The van der Waals surface area contributed by atoms with Gasteiger partial charge in [-0.1, -0.05) is 18.2 Å². The quantitative estimate of drug-likeness (QED) is 0.756. The summed E-state index contributed by atoms with van der Waals surface area (Å²) in [4.78, 5) is 0. The summed E-state index contributed by atoms with van der Waals surface area (Å²) in [7, 11) is 0. The van der Waals surface area contributed by atoms with Crippen molar-refractivity contribution >= 4 is 11.6 Å². The van der Waals surface area contributed by atoms with Crippen LogP contribution in [0.15, 0.2) is 24.3 Å². The lowest BCUT2D eigenvalue weighted by Crippen LogP contribution is -2.35. The van der Waals surface area contributed by atoms with Crippen LogP contribution in [0.5, 0.6) is 0 Å². The molecule has 19 heavy (non-hydrogen) atoms. The van der Waals surface area contributed by atoms with Gasteiger partial charge in [-0.25, -0.2) is 0 Å². The summed E-state index contributed by atoms with van der Waals surface area (Å²) in [5, 5.41) is 0. The Morgan fingerprint density at radius 3 is 2.68 bits per heavy atom. The maximum Gasteiger partial charge on any atom is 0.416 e. The lowest BCUT2D eigenvalue weighted by Gasteiger charge is -2.35. The molecule has 2 rings (SSSR count). The fourth-order valence-corrected chi connectivity index (χ4v) is 2.80. The summed E-state index contributed by atoms with van der Waals surface area (Å²) in [6.07, 6.45) is -1.97. The van der Waals surface area contributed by atoms with E-state index in [1.807, 2.05) is 0 Å². The van der Waals surface area contributed by atoms with Crippen LogP contribution in [0.25, 0.3) is 0 Å². The van der Waals surface area contributed by atoms with Gasteiger partial charge in [-0.05, 0) is 30.9 Å². The lowest BCUT2D eigenvalue weighted by molar-refractivity contribution is -0.137. The maximum absolute atomic E-state index is 12.7. The SMILES string of the molecule is FC(F)(F)c1cccc(CC2(CCl)CCCOC2)c1. The van der Waals surface area contributed by atoms with Crippen molar-refractivity contribution in [3.8, 4) is 0 Å². The Bertz CT molecular complexity index is 425. The first-order valence-electron chi connectivity index (χ1n) is 6.25. The van der Waals surface area contributed by atoms with E-state index in [4.69, 9.17) is 16.3 Å². The van der Waals surface area contributed by atoms with Crippen LogP contribution in [0.4, 0.5) is 13.2 Å².